The number of halogens is 1. The number of imidazole rings is 1. The lowest BCUT2D eigenvalue weighted by atomic mass is 10.5. The first-order valence-corrected chi connectivity index (χ1v) is 3.14. The van der Waals surface area contributed by atoms with Gasteiger partial charge in [0.15, 0.2) is 6.29 Å². The molecule has 1 aromatic heterocycles. The summed E-state index contributed by atoms with van der Waals surface area (Å²) in [7, 11) is 0. The zero-order valence-electron chi connectivity index (χ0n) is 5.37. The third kappa shape index (κ3) is 1.62. The number of nitroso groups, excluding NO2 is 1. The van der Waals surface area contributed by atoms with Crippen LogP contribution in [0.25, 0.3) is 0 Å². The van der Waals surface area contributed by atoms with Crippen molar-refractivity contribution in [3.05, 3.63) is 21.6 Å². The molecule has 0 atom stereocenters. The summed E-state index contributed by atoms with van der Waals surface area (Å²) in [6.45, 7) is -0.104. The average molecular weight is 174 g/mol. The fourth-order valence-corrected chi connectivity index (χ4v) is 0.823. The van der Waals surface area contributed by atoms with E-state index in [-0.39, 0.29) is 17.4 Å². The summed E-state index contributed by atoms with van der Waals surface area (Å²) in [6.07, 6.45) is 0.507. The topological polar surface area (TPSA) is 75.2 Å². The summed E-state index contributed by atoms with van der Waals surface area (Å²) >= 11 is 5.49. The van der Waals surface area contributed by atoms with E-state index in [1.165, 1.54) is 0 Å². The first-order chi connectivity index (χ1) is 5.27. The molecule has 58 valence electrons. The van der Waals surface area contributed by atoms with Crippen molar-refractivity contribution in [2.75, 3.05) is 0 Å². The molecule has 0 amide bonds. The minimum atomic E-state index is -0.104. The van der Waals surface area contributed by atoms with E-state index in [1.807, 2.05) is 0 Å². The number of aldehydes is 1. The highest BCUT2D eigenvalue weighted by atomic mass is 35.5. The summed E-state index contributed by atoms with van der Waals surface area (Å²) in [5, 5.41) is 2.71. The Labute approximate surface area is 66.7 Å². The van der Waals surface area contributed by atoms with Crippen molar-refractivity contribution in [2.24, 2.45) is 5.18 Å². The number of aromatic amines is 1. The normalized spacial score (nSPS) is 9.55. The molecule has 0 aliphatic heterocycles. The van der Waals surface area contributed by atoms with Gasteiger partial charge in [-0.25, -0.2) is 4.98 Å². The number of carbonyl (C=O) groups excluding carboxylic acids is 1. The summed E-state index contributed by atoms with van der Waals surface area (Å²) < 4.78 is 0. The Morgan fingerprint density at radius 1 is 1.73 bits per heavy atom. The Morgan fingerprint density at radius 3 is 2.91 bits per heavy atom. The van der Waals surface area contributed by atoms with Gasteiger partial charge in [-0.3, -0.25) is 4.79 Å². The van der Waals surface area contributed by atoms with Gasteiger partial charge in [-0.05, 0) is 0 Å². The fourth-order valence-electron chi connectivity index (χ4n) is 0.627. The molecule has 0 spiro atoms. The molecule has 0 aromatic carbocycles. The van der Waals surface area contributed by atoms with E-state index in [0.717, 1.165) is 0 Å². The number of nitrogens with zero attached hydrogens (tertiary/aromatic N) is 2. The molecule has 1 heterocycles. The molecule has 0 radical (unpaired) electrons. The monoisotopic (exact) mass is 173 g/mol. The Balaban J connectivity index is 2.94. The molecular formula is C5H4ClN3O2. The van der Waals surface area contributed by atoms with Gasteiger partial charge in [0, 0.05) is 0 Å². The van der Waals surface area contributed by atoms with E-state index in [4.69, 9.17) is 11.6 Å². The number of aromatic nitrogens is 2. The van der Waals surface area contributed by atoms with Crippen LogP contribution in [0.4, 0.5) is 0 Å². The van der Waals surface area contributed by atoms with Gasteiger partial charge in [0.1, 0.15) is 23.2 Å². The summed E-state index contributed by atoms with van der Waals surface area (Å²) in [5.74, 6) is 0.298. The number of nitrogens with one attached hydrogen (secondary N) is 1. The van der Waals surface area contributed by atoms with E-state index in [2.05, 4.69) is 15.1 Å². The van der Waals surface area contributed by atoms with Crippen molar-refractivity contribution in [1.82, 2.24) is 9.97 Å². The Hall–Kier alpha value is -1.23. The van der Waals surface area contributed by atoms with Crippen molar-refractivity contribution in [3.63, 3.8) is 0 Å². The number of carbonyl (C=O) groups is 1. The van der Waals surface area contributed by atoms with Crippen molar-refractivity contribution >= 4 is 17.9 Å². The van der Waals surface area contributed by atoms with Gasteiger partial charge >= 0.3 is 0 Å². The molecule has 0 bridgehead atoms. The molecule has 0 aliphatic rings. The van der Waals surface area contributed by atoms with Gasteiger partial charge in [0.25, 0.3) is 0 Å². The molecule has 1 N–H and O–H groups in total. The minimum absolute atomic E-state index is 0.102. The van der Waals surface area contributed by atoms with Gasteiger partial charge < -0.3 is 4.98 Å². The Morgan fingerprint density at radius 2 is 2.45 bits per heavy atom. The summed E-state index contributed by atoms with van der Waals surface area (Å²) in [5.41, 5.74) is 0.102. The summed E-state index contributed by atoms with van der Waals surface area (Å²) in [6, 6.07) is 0. The maximum atomic E-state index is 10.2. The highest BCUT2D eigenvalue weighted by molar-refractivity contribution is 6.31. The van der Waals surface area contributed by atoms with Crippen LogP contribution in [-0.4, -0.2) is 16.3 Å². The van der Waals surface area contributed by atoms with E-state index >= 15 is 0 Å². The van der Waals surface area contributed by atoms with Crippen molar-refractivity contribution in [2.45, 2.75) is 6.54 Å². The van der Waals surface area contributed by atoms with E-state index in [9.17, 15) is 9.70 Å². The second kappa shape index (κ2) is 3.25. The average Bonchev–Trinajstić information content (AvgIpc) is 2.32. The lowest BCUT2D eigenvalue weighted by Gasteiger charge is -1.79. The zero-order valence-corrected chi connectivity index (χ0v) is 6.13. The molecule has 0 unspecified atom stereocenters. The third-order valence-electron chi connectivity index (χ3n) is 1.06. The van der Waals surface area contributed by atoms with Crippen LogP contribution < -0.4 is 0 Å². The molecule has 6 heteroatoms. The SMILES string of the molecule is O=Cc1nc(CN=O)[nH]c1Cl. The maximum Gasteiger partial charge on any atom is 0.171 e. The molecule has 1 rings (SSSR count). The van der Waals surface area contributed by atoms with E-state index < -0.39 is 0 Å². The van der Waals surface area contributed by atoms with Crippen LogP contribution in [0.3, 0.4) is 0 Å². The quantitative estimate of drug-likeness (QED) is 0.550. The van der Waals surface area contributed by atoms with Gasteiger partial charge in [-0.2, -0.15) is 4.91 Å². The largest absolute Gasteiger partial charge is 0.331 e. The highest BCUT2D eigenvalue weighted by Crippen LogP contribution is 2.10. The third-order valence-corrected chi connectivity index (χ3v) is 1.35. The lowest BCUT2D eigenvalue weighted by Crippen LogP contribution is -1.83. The van der Waals surface area contributed by atoms with Gasteiger partial charge in [0.05, 0.1) is 0 Å². The van der Waals surface area contributed by atoms with Gasteiger partial charge in [-0.1, -0.05) is 16.8 Å². The van der Waals surface area contributed by atoms with Gasteiger partial charge in [0.2, 0.25) is 0 Å². The molecule has 0 saturated carbocycles. The van der Waals surface area contributed by atoms with Crippen molar-refractivity contribution < 1.29 is 4.79 Å². The van der Waals surface area contributed by atoms with Crippen molar-refractivity contribution in [3.8, 4) is 0 Å². The second-order valence-corrected chi connectivity index (χ2v) is 2.17. The van der Waals surface area contributed by atoms with Crippen LogP contribution in [0.5, 0.6) is 0 Å². The Kier molecular flexibility index (Phi) is 2.32. The molecule has 1 aromatic rings. The maximum absolute atomic E-state index is 10.2. The number of hydrogen-bond donors (Lipinski definition) is 1. The smallest absolute Gasteiger partial charge is 0.171 e. The van der Waals surface area contributed by atoms with Crippen LogP contribution >= 0.6 is 11.6 Å². The van der Waals surface area contributed by atoms with Crippen LogP contribution in [0.15, 0.2) is 5.18 Å². The number of hydrogen-bond acceptors (Lipinski definition) is 4. The van der Waals surface area contributed by atoms with E-state index in [0.29, 0.717) is 12.1 Å². The van der Waals surface area contributed by atoms with Crippen LogP contribution in [0.2, 0.25) is 5.15 Å². The molecule has 5 nitrogen and oxygen atoms in total. The number of rotatable bonds is 3. The molecule has 0 aliphatic carbocycles. The van der Waals surface area contributed by atoms with Crippen LogP contribution in [0, 0.1) is 4.91 Å². The van der Waals surface area contributed by atoms with Crippen LogP contribution in [0.1, 0.15) is 16.3 Å². The van der Waals surface area contributed by atoms with Crippen molar-refractivity contribution in [1.29, 1.82) is 0 Å². The summed E-state index contributed by atoms with van der Waals surface area (Å²) in [4.78, 5) is 26.1. The fraction of sp³-hybridized carbons (Fsp3) is 0.200. The van der Waals surface area contributed by atoms with Gasteiger partial charge in [-0.15, -0.1) is 0 Å². The molecule has 11 heavy (non-hydrogen) atoms. The first-order valence-electron chi connectivity index (χ1n) is 2.76. The molecular weight excluding hydrogens is 170 g/mol. The lowest BCUT2D eigenvalue weighted by molar-refractivity contribution is 0.111. The standard InChI is InChI=1S/C5H4ClN3O2/c6-5-3(2-10)8-4(9-5)1-7-11/h2H,1H2,(H,8,9). The second-order valence-electron chi connectivity index (χ2n) is 1.79. The first kappa shape index (κ1) is 7.87. The van der Waals surface area contributed by atoms with Crippen LogP contribution in [-0.2, 0) is 6.54 Å². The van der Waals surface area contributed by atoms with E-state index in [1.54, 1.807) is 0 Å². The predicted octanol–water partition coefficient (Wildman–Crippen LogP) is 1.14. The highest BCUT2D eigenvalue weighted by Gasteiger charge is 2.05. The zero-order chi connectivity index (χ0) is 8.27. The Bertz CT molecular complexity index is 283. The minimum Gasteiger partial charge on any atom is -0.331 e. The predicted molar refractivity (Wildman–Crippen MR) is 38.5 cm³/mol. The molecule has 0 fully saturated rings. The molecule has 0 saturated heterocycles. The number of H-pyrrole nitrogens is 1.